The molecule has 2 rings (SSSR count). The second-order valence-corrected chi connectivity index (χ2v) is 5.22. The van der Waals surface area contributed by atoms with E-state index in [0.29, 0.717) is 12.2 Å². The van der Waals surface area contributed by atoms with E-state index in [1.165, 1.54) is 0 Å². The van der Waals surface area contributed by atoms with E-state index in [-0.39, 0.29) is 29.6 Å². The van der Waals surface area contributed by atoms with Crippen LogP contribution in [-0.2, 0) is 11.2 Å². The third-order valence-electron chi connectivity index (χ3n) is 3.16. The molecule has 0 amide bonds. The van der Waals surface area contributed by atoms with Crippen LogP contribution >= 0.6 is 11.6 Å². The number of hydrogen-bond acceptors (Lipinski definition) is 3. The van der Waals surface area contributed by atoms with Crippen molar-refractivity contribution in [3.8, 4) is 5.75 Å². The number of halogens is 1. The van der Waals surface area contributed by atoms with Gasteiger partial charge in [0.05, 0.1) is 5.97 Å². The summed E-state index contributed by atoms with van der Waals surface area (Å²) in [4.78, 5) is 10.8. The van der Waals surface area contributed by atoms with E-state index in [0.717, 1.165) is 22.6 Å². The predicted molar refractivity (Wildman–Crippen MR) is 80.4 cm³/mol. The number of carbonyl (C=O) groups excluding carboxylic acids is 1. The first kappa shape index (κ1) is 19.0. The van der Waals surface area contributed by atoms with Crippen molar-refractivity contribution in [3.63, 3.8) is 0 Å². The van der Waals surface area contributed by atoms with Crippen LogP contribution in [0.25, 0.3) is 0 Å². The molecule has 3 nitrogen and oxygen atoms in total. The van der Waals surface area contributed by atoms with Crippen LogP contribution in [0.3, 0.4) is 0 Å². The van der Waals surface area contributed by atoms with E-state index in [2.05, 4.69) is 0 Å². The van der Waals surface area contributed by atoms with Crippen molar-refractivity contribution < 1.29 is 44.2 Å². The maximum Gasteiger partial charge on any atom is 1.00 e. The van der Waals surface area contributed by atoms with Gasteiger partial charge in [-0.3, -0.25) is 0 Å². The molecule has 0 bridgehead atoms. The predicted octanol–water partition coefficient (Wildman–Crippen LogP) is -0.158. The molecule has 0 N–H and O–H groups in total. The topological polar surface area (TPSA) is 49.4 Å². The van der Waals surface area contributed by atoms with Gasteiger partial charge in [0.15, 0.2) is 0 Å². The number of hydrogen-bond donors (Lipinski definition) is 0. The van der Waals surface area contributed by atoms with Crippen molar-refractivity contribution in [1.29, 1.82) is 0 Å². The second-order valence-electron chi connectivity index (χ2n) is 4.78. The van der Waals surface area contributed by atoms with Gasteiger partial charge < -0.3 is 14.6 Å². The molecule has 0 aromatic heterocycles. The molecule has 0 radical (unpaired) electrons. The molecule has 0 fully saturated rings. The number of carboxylic acids is 1. The molecule has 22 heavy (non-hydrogen) atoms. The molecular formula is C17H16ClNaO3. The van der Waals surface area contributed by atoms with Gasteiger partial charge in [-0.2, -0.15) is 0 Å². The molecule has 0 aliphatic rings. The van der Waals surface area contributed by atoms with Crippen LogP contribution in [0.2, 0.25) is 5.02 Å². The summed E-state index contributed by atoms with van der Waals surface area (Å²) < 4.78 is 5.37. The molecule has 1 unspecified atom stereocenters. The van der Waals surface area contributed by atoms with Crippen LogP contribution in [0.1, 0.15) is 24.5 Å². The Balaban J connectivity index is 0.00000242. The molecule has 0 saturated carbocycles. The molecule has 2 aromatic rings. The molecule has 0 saturated heterocycles. The number of benzene rings is 2. The molecule has 1 atom stereocenters. The summed E-state index contributed by atoms with van der Waals surface area (Å²) in [7, 11) is 0. The molecule has 0 aliphatic heterocycles. The van der Waals surface area contributed by atoms with Gasteiger partial charge in [0, 0.05) is 5.02 Å². The summed E-state index contributed by atoms with van der Waals surface area (Å²) in [5.41, 5.74) is 2.28. The van der Waals surface area contributed by atoms with Gasteiger partial charge in [0.25, 0.3) is 0 Å². The third kappa shape index (κ3) is 5.65. The van der Waals surface area contributed by atoms with E-state index in [1.54, 1.807) is 19.1 Å². The molecular weight excluding hydrogens is 311 g/mol. The van der Waals surface area contributed by atoms with Crippen LogP contribution < -0.4 is 39.4 Å². The molecule has 110 valence electrons. The van der Waals surface area contributed by atoms with Crippen LogP contribution in [0.5, 0.6) is 5.75 Å². The van der Waals surface area contributed by atoms with Crippen LogP contribution in [0.4, 0.5) is 0 Å². The minimum atomic E-state index is -1.19. The Kier molecular flexibility index (Phi) is 7.97. The van der Waals surface area contributed by atoms with E-state index in [4.69, 9.17) is 16.3 Å². The summed E-state index contributed by atoms with van der Waals surface area (Å²) in [6.45, 7) is 1.75. The average Bonchev–Trinajstić information content (AvgIpc) is 2.48. The first-order valence-electron chi connectivity index (χ1n) is 6.79. The number of rotatable bonds is 6. The van der Waals surface area contributed by atoms with E-state index in [9.17, 15) is 9.90 Å². The Morgan fingerprint density at radius 3 is 2.05 bits per heavy atom. The molecule has 0 spiro atoms. The fraction of sp³-hybridized carbons (Fsp3) is 0.235. The summed E-state index contributed by atoms with van der Waals surface area (Å²) in [6, 6.07) is 15.1. The van der Waals surface area contributed by atoms with Gasteiger partial charge in [0.2, 0.25) is 0 Å². The summed E-state index contributed by atoms with van der Waals surface area (Å²) in [5, 5.41) is 11.5. The van der Waals surface area contributed by atoms with Crippen molar-refractivity contribution in [3.05, 3.63) is 64.7 Å². The first-order valence-corrected chi connectivity index (χ1v) is 7.17. The fourth-order valence-electron chi connectivity index (χ4n) is 1.99. The van der Waals surface area contributed by atoms with E-state index in [1.807, 2.05) is 36.4 Å². The largest absolute Gasteiger partial charge is 1.00 e. The van der Waals surface area contributed by atoms with Crippen LogP contribution in [0.15, 0.2) is 48.5 Å². The van der Waals surface area contributed by atoms with E-state index < -0.39 is 12.1 Å². The van der Waals surface area contributed by atoms with Crippen molar-refractivity contribution >= 4 is 17.6 Å². The molecule has 0 heterocycles. The maximum atomic E-state index is 10.8. The Morgan fingerprint density at radius 1 is 1.09 bits per heavy atom. The molecule has 5 heteroatoms. The monoisotopic (exact) mass is 326 g/mol. The van der Waals surface area contributed by atoms with Crippen molar-refractivity contribution in [1.82, 2.24) is 0 Å². The van der Waals surface area contributed by atoms with Gasteiger partial charge in [-0.1, -0.05) is 42.8 Å². The third-order valence-corrected chi connectivity index (χ3v) is 3.41. The normalized spacial score (nSPS) is 11.4. The number of carbonyl (C=O) groups is 1. The van der Waals surface area contributed by atoms with Gasteiger partial charge in [-0.15, -0.1) is 0 Å². The Hall–Kier alpha value is -1.000. The molecule has 0 aliphatic carbocycles. The minimum Gasteiger partial charge on any atom is -0.546 e. The van der Waals surface area contributed by atoms with Crippen LogP contribution in [0, 0.1) is 0 Å². The quantitative estimate of drug-likeness (QED) is 0.693. The van der Waals surface area contributed by atoms with Gasteiger partial charge >= 0.3 is 29.6 Å². The summed E-state index contributed by atoms with van der Waals surface area (Å²) >= 11 is 5.85. The number of aliphatic carboxylic acids is 1. The minimum absolute atomic E-state index is 0. The van der Waals surface area contributed by atoms with Crippen molar-refractivity contribution in [2.75, 3.05) is 0 Å². The summed E-state index contributed by atoms with van der Waals surface area (Å²) in [6.07, 6.45) is 0.247. The zero-order valence-corrected chi connectivity index (χ0v) is 15.5. The maximum absolute atomic E-state index is 10.8. The Labute approximate surface area is 157 Å². The SMILES string of the molecule is CCC(Oc1ccc(Cc2ccc(Cl)cc2)cc1)C(=O)[O-].[Na+]. The average molecular weight is 327 g/mol. The smallest absolute Gasteiger partial charge is 0.546 e. The van der Waals surface area contributed by atoms with E-state index >= 15 is 0 Å². The van der Waals surface area contributed by atoms with Gasteiger partial charge in [-0.25, -0.2) is 0 Å². The molecule has 2 aromatic carbocycles. The van der Waals surface area contributed by atoms with Gasteiger partial charge in [-0.05, 0) is 48.2 Å². The Bertz CT molecular complexity index is 596. The zero-order chi connectivity index (χ0) is 15.2. The standard InChI is InChI=1S/C17H17ClO3.Na/c1-2-16(17(19)20)21-15-9-5-13(6-10-15)11-12-3-7-14(18)8-4-12;/h3-10,16H,2,11H2,1H3,(H,19,20);/q;+1/p-1. The Morgan fingerprint density at radius 2 is 1.59 bits per heavy atom. The second kappa shape index (κ2) is 9.21. The zero-order valence-electron chi connectivity index (χ0n) is 12.7. The van der Waals surface area contributed by atoms with Crippen molar-refractivity contribution in [2.45, 2.75) is 25.9 Å². The van der Waals surface area contributed by atoms with Crippen LogP contribution in [-0.4, -0.2) is 12.1 Å². The first-order chi connectivity index (χ1) is 10.1. The fourth-order valence-corrected chi connectivity index (χ4v) is 2.11. The number of ether oxygens (including phenoxy) is 1. The van der Waals surface area contributed by atoms with Crippen molar-refractivity contribution in [2.24, 2.45) is 0 Å². The summed E-state index contributed by atoms with van der Waals surface area (Å²) in [5.74, 6) is -0.659. The van der Waals surface area contributed by atoms with Gasteiger partial charge in [0.1, 0.15) is 11.9 Å². The number of carboxylic acid groups (broad SMARTS) is 1.